The fourth-order valence-electron chi connectivity index (χ4n) is 9.79. The predicted octanol–water partition coefficient (Wildman–Crippen LogP) is 8.57. The molecule has 0 bridgehead atoms. The molecule has 2 fully saturated rings. The highest BCUT2D eigenvalue weighted by Gasteiger charge is 2.36. The van der Waals surface area contributed by atoms with Crippen molar-refractivity contribution < 1.29 is 32.8 Å². The number of nitro benzene ring substituents is 1. The molecule has 3 aliphatic rings. The molecule has 2 heterocycles. The molecule has 0 saturated carbocycles. The number of aliphatic hydroxyl groups excluding tert-OH is 1. The van der Waals surface area contributed by atoms with Gasteiger partial charge >= 0.3 is 6.09 Å². The molecular weight excluding hydrogens is 988 g/mol. The maximum Gasteiger partial charge on any atom is 0.410 e. The van der Waals surface area contributed by atoms with Crippen LogP contribution in [-0.2, 0) is 14.8 Å². The van der Waals surface area contributed by atoms with E-state index in [0.717, 1.165) is 88.3 Å². The highest BCUT2D eigenvalue weighted by molar-refractivity contribution is 7.99. The number of likely N-dealkylation sites (N-methyl/N-ethyl adjacent to an activating group) is 1. The van der Waals surface area contributed by atoms with Crippen LogP contribution in [0.2, 0.25) is 5.02 Å². The SMILES string of the molecule is CN(CCO)CCC(CSc1ccccc1)Nc1ccc(S(=O)(=O)NC(=O)c2ccc(N3CCN(CC4=C(c5ccc(Cl)cc5)CCC(C)(CN5CCN(C(=O)OC(C)(C)C)CC5)C4)CC3)cc2)cc1[N+](=O)[O-]. The van der Waals surface area contributed by atoms with Crippen molar-refractivity contribution in [2.24, 2.45) is 5.41 Å². The number of thioether (sulfide) groups is 1. The lowest BCUT2D eigenvalue weighted by atomic mass is 9.71. The van der Waals surface area contributed by atoms with Gasteiger partial charge in [-0.25, -0.2) is 17.9 Å². The third kappa shape index (κ3) is 15.9. The Morgan fingerprint density at radius 3 is 2.23 bits per heavy atom. The molecule has 2 unspecified atom stereocenters. The fourth-order valence-corrected chi connectivity index (χ4v) is 11.9. The Morgan fingerprint density at radius 2 is 1.59 bits per heavy atom. The molecule has 1 aliphatic carbocycles. The lowest BCUT2D eigenvalue weighted by Crippen LogP contribution is -2.52. The first kappa shape index (κ1) is 55.5. The molecule has 2 atom stereocenters. The monoisotopic (exact) mass is 1060 g/mol. The van der Waals surface area contributed by atoms with Gasteiger partial charge in [0.2, 0.25) is 0 Å². The molecular formula is C54H71ClN8O8S2. The van der Waals surface area contributed by atoms with Crippen LogP contribution in [0.3, 0.4) is 0 Å². The van der Waals surface area contributed by atoms with Crippen LogP contribution < -0.4 is 14.9 Å². The molecule has 4 aromatic carbocycles. The van der Waals surface area contributed by atoms with Crippen molar-refractivity contribution >= 4 is 68.0 Å². The zero-order chi connectivity index (χ0) is 52.3. The van der Waals surface area contributed by atoms with E-state index in [1.807, 2.05) is 92.2 Å². The molecule has 4 aromatic rings. The molecule has 0 radical (unpaired) electrons. The summed E-state index contributed by atoms with van der Waals surface area (Å²) >= 11 is 7.92. The van der Waals surface area contributed by atoms with E-state index < -0.39 is 37.0 Å². The highest BCUT2D eigenvalue weighted by atomic mass is 35.5. The second-order valence-corrected chi connectivity index (χ2v) is 24.0. The van der Waals surface area contributed by atoms with Crippen molar-refractivity contribution in [2.45, 2.75) is 74.8 Å². The molecule has 3 N–H and O–H groups in total. The molecule has 7 rings (SSSR count). The first-order valence-electron chi connectivity index (χ1n) is 25.1. The number of hydrogen-bond donors (Lipinski definition) is 3. The Labute approximate surface area is 440 Å². The van der Waals surface area contributed by atoms with Gasteiger partial charge in [0.25, 0.3) is 21.6 Å². The number of rotatable bonds is 20. The normalized spacial score (nSPS) is 18.7. The first-order valence-corrected chi connectivity index (χ1v) is 27.9. The largest absolute Gasteiger partial charge is 0.444 e. The summed E-state index contributed by atoms with van der Waals surface area (Å²) in [6.45, 7) is 17.1. The summed E-state index contributed by atoms with van der Waals surface area (Å²) in [4.78, 5) is 49.6. The number of sulfonamides is 1. The lowest BCUT2D eigenvalue weighted by molar-refractivity contribution is -0.384. The number of anilines is 2. The van der Waals surface area contributed by atoms with Crippen molar-refractivity contribution in [3.05, 3.63) is 129 Å². The maximum absolute atomic E-state index is 13.6. The molecule has 2 amide bonds. The van der Waals surface area contributed by atoms with Gasteiger partial charge in [0.05, 0.1) is 16.4 Å². The van der Waals surface area contributed by atoms with Gasteiger partial charge in [-0.15, -0.1) is 11.8 Å². The van der Waals surface area contributed by atoms with Crippen LogP contribution in [0, 0.1) is 15.5 Å². The van der Waals surface area contributed by atoms with E-state index in [-0.39, 0.29) is 35.4 Å². The molecule has 73 heavy (non-hydrogen) atoms. The molecule has 2 aliphatic heterocycles. The summed E-state index contributed by atoms with van der Waals surface area (Å²) in [5.74, 6) is -0.273. The summed E-state index contributed by atoms with van der Waals surface area (Å²) in [5.41, 5.74) is 4.37. The molecule has 0 spiro atoms. The summed E-state index contributed by atoms with van der Waals surface area (Å²) in [6.07, 6.45) is 3.35. The fraction of sp³-hybridized carbons (Fsp3) is 0.481. The molecule has 2 saturated heterocycles. The van der Waals surface area contributed by atoms with E-state index in [4.69, 9.17) is 16.3 Å². The Balaban J connectivity index is 0.949. The van der Waals surface area contributed by atoms with Gasteiger partial charge in [0.1, 0.15) is 11.3 Å². The first-order chi connectivity index (χ1) is 34.8. The number of nitrogens with zero attached hydrogens (tertiary/aromatic N) is 6. The van der Waals surface area contributed by atoms with E-state index in [1.54, 1.807) is 23.9 Å². The van der Waals surface area contributed by atoms with Crippen LogP contribution in [0.4, 0.5) is 21.9 Å². The Morgan fingerprint density at radius 1 is 0.918 bits per heavy atom. The quantitative estimate of drug-likeness (QED) is 0.0435. The number of aliphatic hydroxyl groups is 1. The van der Waals surface area contributed by atoms with Gasteiger partial charge in [0, 0.05) is 111 Å². The Hall–Kier alpha value is -5.21. The topological polar surface area (TPSA) is 181 Å². The van der Waals surface area contributed by atoms with E-state index >= 15 is 0 Å². The molecule has 19 heteroatoms. The number of ether oxygens (including phenoxy) is 1. The smallest absolute Gasteiger partial charge is 0.410 e. The van der Waals surface area contributed by atoms with Crippen molar-refractivity contribution in [3.8, 4) is 0 Å². The van der Waals surface area contributed by atoms with Crippen LogP contribution >= 0.6 is 23.4 Å². The number of hydrogen-bond acceptors (Lipinski definition) is 14. The lowest BCUT2D eigenvalue weighted by Gasteiger charge is -2.44. The zero-order valence-corrected chi connectivity index (χ0v) is 45.1. The number of nitro groups is 1. The van der Waals surface area contributed by atoms with E-state index in [9.17, 15) is 33.2 Å². The predicted molar refractivity (Wildman–Crippen MR) is 291 cm³/mol. The third-order valence-electron chi connectivity index (χ3n) is 13.7. The van der Waals surface area contributed by atoms with Gasteiger partial charge in [-0.05, 0) is 137 Å². The number of carbonyl (C=O) groups is 2. The van der Waals surface area contributed by atoms with Gasteiger partial charge in [-0.3, -0.25) is 24.7 Å². The number of amides is 2. The average Bonchev–Trinajstić information content (AvgIpc) is 3.35. The van der Waals surface area contributed by atoms with E-state index in [0.29, 0.717) is 43.4 Å². The minimum atomic E-state index is -4.49. The van der Waals surface area contributed by atoms with Crippen LogP contribution in [0.5, 0.6) is 0 Å². The van der Waals surface area contributed by atoms with Crippen molar-refractivity contribution in [1.82, 2.24) is 24.3 Å². The Bertz CT molecular complexity index is 2660. The van der Waals surface area contributed by atoms with Gasteiger partial charge in [-0.1, -0.05) is 54.4 Å². The molecule has 394 valence electrons. The molecule has 16 nitrogen and oxygen atoms in total. The molecule has 0 aromatic heterocycles. The van der Waals surface area contributed by atoms with Crippen molar-refractivity contribution in [2.75, 3.05) is 108 Å². The number of benzene rings is 4. The number of nitrogens with one attached hydrogen (secondary N) is 2. The maximum atomic E-state index is 13.6. The van der Waals surface area contributed by atoms with Crippen molar-refractivity contribution in [1.29, 1.82) is 0 Å². The summed E-state index contributed by atoms with van der Waals surface area (Å²) < 4.78 is 34.9. The van der Waals surface area contributed by atoms with Crippen LogP contribution in [0.15, 0.2) is 112 Å². The average molecular weight is 1060 g/mol. The summed E-state index contributed by atoms with van der Waals surface area (Å²) in [5, 5.41) is 25.7. The van der Waals surface area contributed by atoms with Crippen LogP contribution in [0.1, 0.15) is 69.3 Å². The summed E-state index contributed by atoms with van der Waals surface area (Å²) in [7, 11) is -2.61. The third-order valence-corrected chi connectivity index (χ3v) is 16.5. The highest BCUT2D eigenvalue weighted by Crippen LogP contribution is 2.44. The van der Waals surface area contributed by atoms with E-state index in [1.165, 1.54) is 28.8 Å². The second kappa shape index (κ2) is 24.9. The minimum Gasteiger partial charge on any atom is -0.444 e. The van der Waals surface area contributed by atoms with E-state index in [2.05, 4.69) is 43.8 Å². The standard InChI is InChI=1S/C54H71ClN8O8S2/c1-53(2,3)71-52(66)62-31-27-60(28-32-62)39-54(4)23-21-48(40-11-15-43(55)16-12-40)42(36-54)37-59-25-29-61(30-26-59)45-17-13-41(14-18-45)51(65)57-73(69,70)47-19-20-49(50(35-47)63(67)68)56-44(22-24-58(5)33-34-64)38-72-46-9-7-6-8-10-46/h6-20,35,44,56,64H,21-34,36-39H2,1-5H3,(H,57,65). The van der Waals surface area contributed by atoms with Crippen LogP contribution in [-0.4, -0.2) is 160 Å². The van der Waals surface area contributed by atoms with Gasteiger partial charge in [0.15, 0.2) is 0 Å². The second-order valence-electron chi connectivity index (χ2n) is 20.8. The minimum absolute atomic E-state index is 0.00592. The number of carbonyl (C=O) groups excluding carboxylic acids is 2. The van der Waals surface area contributed by atoms with Gasteiger partial charge < -0.3 is 29.9 Å². The summed E-state index contributed by atoms with van der Waals surface area (Å²) in [6, 6.07) is 28.1. The number of allylic oxidation sites excluding steroid dienone is 1. The van der Waals surface area contributed by atoms with Gasteiger partial charge in [-0.2, -0.15) is 0 Å². The van der Waals surface area contributed by atoms with Crippen molar-refractivity contribution in [3.63, 3.8) is 0 Å². The zero-order valence-electron chi connectivity index (χ0n) is 42.7. The van der Waals surface area contributed by atoms with Crippen LogP contribution in [0.25, 0.3) is 5.57 Å². The Kier molecular flexibility index (Phi) is 18.9. The number of halogens is 1. The number of piperazine rings is 2.